The minimum atomic E-state index is -2.24. The molecule has 13 heavy (non-hydrogen) atoms. The van der Waals surface area contributed by atoms with E-state index in [1.54, 1.807) is 0 Å². The van der Waals surface area contributed by atoms with Crippen molar-refractivity contribution in [1.82, 2.24) is 0 Å². The zero-order valence-corrected chi connectivity index (χ0v) is 6.87. The van der Waals surface area contributed by atoms with E-state index in [0.717, 1.165) is 0 Å². The lowest BCUT2D eigenvalue weighted by Gasteiger charge is -2.43. The van der Waals surface area contributed by atoms with Crippen molar-refractivity contribution < 1.29 is 31.6 Å². The Balaban J connectivity index is 2.84. The number of hydrogen-bond donors (Lipinski definition) is 5. The molecule has 0 amide bonds. The van der Waals surface area contributed by atoms with Crippen LogP contribution in [0.15, 0.2) is 0 Å². The molecule has 0 radical (unpaired) electrons. The van der Waals surface area contributed by atoms with E-state index in [9.17, 15) is 20.4 Å². The Morgan fingerprint density at radius 3 is 2.46 bits per heavy atom. The Hall–Kier alpha value is -0.240. The molecule has 0 aromatic rings. The van der Waals surface area contributed by atoms with E-state index in [-0.39, 0.29) is 0 Å². The van der Waals surface area contributed by atoms with Crippen molar-refractivity contribution in [3.63, 3.8) is 0 Å². The fourth-order valence-corrected chi connectivity index (χ4v) is 1.22. The average Bonchev–Trinajstić information content (AvgIpc) is 2.20. The highest BCUT2D eigenvalue weighted by molar-refractivity contribution is 4.93. The van der Waals surface area contributed by atoms with Gasteiger partial charge in [-0.3, -0.25) is 0 Å². The van der Waals surface area contributed by atoms with E-state index in [0.29, 0.717) is 0 Å². The Morgan fingerprint density at radius 1 is 1.38 bits per heavy atom. The molecule has 0 spiro atoms. The van der Waals surface area contributed by atoms with E-state index in [1.165, 1.54) is 0 Å². The van der Waals surface area contributed by atoms with Gasteiger partial charge in [-0.1, -0.05) is 0 Å². The number of hydrogen-bond acceptors (Lipinski definition) is 6. The SMILES string of the molecule is [2H]CC1(O)O[C@H](CO)[C@@H](O)[C@H](O)[C@H]1O. The van der Waals surface area contributed by atoms with Crippen LogP contribution in [0.5, 0.6) is 0 Å². The first-order chi connectivity index (χ1) is 6.46. The summed E-state index contributed by atoms with van der Waals surface area (Å²) < 4.78 is 11.7. The first-order valence-corrected chi connectivity index (χ1v) is 3.80. The summed E-state index contributed by atoms with van der Waals surface area (Å²) in [6.45, 7) is -1.32. The Kier molecular flexibility index (Phi) is 2.50. The Labute approximate surface area is 76.4 Å². The molecule has 1 fully saturated rings. The van der Waals surface area contributed by atoms with Crippen molar-refractivity contribution in [1.29, 1.82) is 0 Å². The van der Waals surface area contributed by atoms with Crippen molar-refractivity contribution in [3.8, 4) is 0 Å². The molecule has 5 N–H and O–H groups in total. The molecule has 1 aliphatic rings. The molecule has 0 bridgehead atoms. The molecule has 0 saturated carbocycles. The van der Waals surface area contributed by atoms with Crippen LogP contribution in [-0.2, 0) is 4.74 Å². The highest BCUT2D eigenvalue weighted by Crippen LogP contribution is 2.27. The average molecular weight is 195 g/mol. The molecule has 6 heteroatoms. The highest BCUT2D eigenvalue weighted by Gasteiger charge is 2.49. The van der Waals surface area contributed by atoms with Crippen LogP contribution in [0.3, 0.4) is 0 Å². The lowest BCUT2D eigenvalue weighted by molar-refractivity contribution is -0.341. The van der Waals surface area contributed by atoms with Gasteiger partial charge in [-0.05, 0) is 6.90 Å². The third kappa shape index (κ3) is 1.83. The molecular weight excluding hydrogens is 180 g/mol. The minimum absolute atomic E-state index is 0.618. The van der Waals surface area contributed by atoms with Crippen LogP contribution in [0.1, 0.15) is 8.27 Å². The molecular formula is C7H14O6. The predicted molar refractivity (Wildman–Crippen MR) is 40.6 cm³/mol. The van der Waals surface area contributed by atoms with Crippen molar-refractivity contribution in [2.45, 2.75) is 37.1 Å². The maximum absolute atomic E-state index is 9.50. The lowest BCUT2D eigenvalue weighted by Crippen LogP contribution is -2.63. The molecule has 1 aliphatic heterocycles. The van der Waals surface area contributed by atoms with Gasteiger partial charge >= 0.3 is 0 Å². The minimum Gasteiger partial charge on any atom is -0.394 e. The standard InChI is InChI=1S/C7H14O6/c1-7(12)6(11)5(10)4(9)3(2-8)13-7/h3-6,8-12H,2H2,1H3/t3-,4-,5+,6-,7?/m1/s1/i1D. The fraction of sp³-hybridized carbons (Fsp3) is 1.00. The van der Waals surface area contributed by atoms with Crippen molar-refractivity contribution in [2.24, 2.45) is 0 Å². The Bertz CT molecular complexity index is 201. The molecule has 1 saturated heterocycles. The summed E-state index contributed by atoms with van der Waals surface area (Å²) in [5.41, 5.74) is 0. The van der Waals surface area contributed by atoms with Crippen LogP contribution in [0.2, 0.25) is 0 Å². The van der Waals surface area contributed by atoms with E-state index < -0.39 is 43.7 Å². The maximum atomic E-state index is 9.50. The molecule has 0 aliphatic carbocycles. The third-order valence-electron chi connectivity index (χ3n) is 2.05. The van der Waals surface area contributed by atoms with Crippen LogP contribution in [0, 0.1) is 0 Å². The second kappa shape index (κ2) is 3.49. The second-order valence-corrected chi connectivity index (χ2v) is 3.11. The predicted octanol–water partition coefficient (Wildman–Crippen LogP) is -2.83. The molecule has 6 nitrogen and oxygen atoms in total. The molecule has 1 unspecified atom stereocenters. The molecule has 78 valence electrons. The first kappa shape index (κ1) is 9.32. The van der Waals surface area contributed by atoms with Gasteiger partial charge < -0.3 is 30.3 Å². The van der Waals surface area contributed by atoms with Gasteiger partial charge in [-0.25, -0.2) is 0 Å². The number of aliphatic hydroxyl groups excluding tert-OH is 4. The molecule has 1 heterocycles. The monoisotopic (exact) mass is 195 g/mol. The van der Waals surface area contributed by atoms with Gasteiger partial charge in [0.05, 0.1) is 6.61 Å². The van der Waals surface area contributed by atoms with Gasteiger partial charge in [0.25, 0.3) is 0 Å². The van der Waals surface area contributed by atoms with E-state index in [2.05, 4.69) is 0 Å². The largest absolute Gasteiger partial charge is 0.394 e. The number of aliphatic hydroxyl groups is 5. The summed E-state index contributed by atoms with van der Waals surface area (Å²) in [6, 6.07) is 0. The summed E-state index contributed by atoms with van der Waals surface area (Å²) in [4.78, 5) is 0. The van der Waals surface area contributed by atoms with Crippen molar-refractivity contribution >= 4 is 0 Å². The summed E-state index contributed by atoms with van der Waals surface area (Å²) in [7, 11) is 0. The van der Waals surface area contributed by atoms with E-state index in [1.807, 2.05) is 0 Å². The molecule has 5 atom stereocenters. The highest BCUT2D eigenvalue weighted by atomic mass is 16.7. The van der Waals surface area contributed by atoms with Gasteiger partial charge in [0, 0.05) is 1.37 Å². The van der Waals surface area contributed by atoms with Crippen LogP contribution >= 0.6 is 0 Å². The van der Waals surface area contributed by atoms with Gasteiger partial charge in [0.1, 0.15) is 24.4 Å². The number of ether oxygens (including phenoxy) is 1. The van der Waals surface area contributed by atoms with Gasteiger partial charge in [-0.15, -0.1) is 0 Å². The molecule has 0 aromatic carbocycles. The van der Waals surface area contributed by atoms with Crippen molar-refractivity contribution in [3.05, 3.63) is 0 Å². The van der Waals surface area contributed by atoms with Crippen LogP contribution in [0.25, 0.3) is 0 Å². The zero-order chi connectivity index (χ0) is 10.9. The van der Waals surface area contributed by atoms with Crippen LogP contribution in [-0.4, -0.2) is 62.3 Å². The normalized spacial score (nSPS) is 53.2. The molecule has 1 rings (SSSR count). The summed E-state index contributed by atoms with van der Waals surface area (Å²) >= 11 is 0. The van der Waals surface area contributed by atoms with E-state index >= 15 is 0 Å². The van der Waals surface area contributed by atoms with Gasteiger partial charge in [-0.2, -0.15) is 0 Å². The van der Waals surface area contributed by atoms with Crippen LogP contribution in [0.4, 0.5) is 0 Å². The van der Waals surface area contributed by atoms with Crippen molar-refractivity contribution in [2.75, 3.05) is 6.61 Å². The topological polar surface area (TPSA) is 110 Å². The lowest BCUT2D eigenvalue weighted by atomic mass is 9.94. The van der Waals surface area contributed by atoms with Gasteiger partial charge in [0.15, 0.2) is 5.79 Å². The summed E-state index contributed by atoms with van der Waals surface area (Å²) in [5.74, 6) is -2.24. The quantitative estimate of drug-likeness (QED) is 0.308. The fourth-order valence-electron chi connectivity index (χ4n) is 1.22. The molecule has 0 aromatic heterocycles. The first-order valence-electron chi connectivity index (χ1n) is 4.51. The second-order valence-electron chi connectivity index (χ2n) is 3.11. The third-order valence-corrected chi connectivity index (χ3v) is 2.05. The zero-order valence-electron chi connectivity index (χ0n) is 7.87. The van der Waals surface area contributed by atoms with E-state index in [4.69, 9.17) is 11.2 Å². The Morgan fingerprint density at radius 2 is 2.00 bits per heavy atom. The van der Waals surface area contributed by atoms with Crippen LogP contribution < -0.4 is 0 Å². The number of rotatable bonds is 1. The van der Waals surface area contributed by atoms with Gasteiger partial charge in [0.2, 0.25) is 0 Å². The summed E-state index contributed by atoms with van der Waals surface area (Å²) in [6.07, 6.45) is -6.10. The maximum Gasteiger partial charge on any atom is 0.192 e. The summed E-state index contributed by atoms with van der Waals surface area (Å²) in [5, 5.41) is 46.1. The smallest absolute Gasteiger partial charge is 0.192 e.